The lowest BCUT2D eigenvalue weighted by Crippen LogP contribution is -2.32. The predicted octanol–water partition coefficient (Wildman–Crippen LogP) is 4.76. The third kappa shape index (κ3) is 4.23. The Hall–Kier alpha value is -3.97. The molecule has 0 fully saturated rings. The number of rotatable bonds is 7. The van der Waals surface area contributed by atoms with Gasteiger partial charge in [0.1, 0.15) is 22.9 Å². The standard InChI is InChI=1S/C25H21ClN2O5/c1-31-18-12-16(13-19(14-18)32-2)27-23-22(20-9-4-5-10-21(20)33-3)24(29)28(25(23)30)17-8-6-7-15(26)11-17/h4-14,27H,1-3H3. The minimum atomic E-state index is -0.523. The maximum Gasteiger partial charge on any atom is 0.282 e. The molecule has 0 spiro atoms. The Morgan fingerprint density at radius 1 is 0.788 bits per heavy atom. The van der Waals surface area contributed by atoms with Crippen LogP contribution in [0, 0.1) is 0 Å². The van der Waals surface area contributed by atoms with Crippen molar-refractivity contribution < 1.29 is 23.8 Å². The molecular formula is C25H21ClN2O5. The number of hydrogen-bond donors (Lipinski definition) is 1. The van der Waals surface area contributed by atoms with Crippen molar-refractivity contribution in [1.82, 2.24) is 0 Å². The molecule has 1 N–H and O–H groups in total. The highest BCUT2D eigenvalue weighted by molar-refractivity contribution is 6.46. The van der Waals surface area contributed by atoms with Gasteiger partial charge >= 0.3 is 0 Å². The molecule has 2 amide bonds. The molecule has 1 aliphatic heterocycles. The molecule has 8 heteroatoms. The average molecular weight is 465 g/mol. The number of ether oxygens (including phenoxy) is 3. The number of carbonyl (C=O) groups is 2. The number of carbonyl (C=O) groups excluding carboxylic acids is 2. The molecule has 0 unspecified atom stereocenters. The topological polar surface area (TPSA) is 77.1 Å². The van der Waals surface area contributed by atoms with E-state index in [4.69, 9.17) is 25.8 Å². The van der Waals surface area contributed by atoms with Gasteiger partial charge in [-0.25, -0.2) is 4.90 Å². The van der Waals surface area contributed by atoms with E-state index in [-0.39, 0.29) is 11.3 Å². The fourth-order valence-electron chi connectivity index (χ4n) is 3.62. The van der Waals surface area contributed by atoms with Crippen molar-refractivity contribution in [2.24, 2.45) is 0 Å². The van der Waals surface area contributed by atoms with Gasteiger partial charge in [-0.2, -0.15) is 0 Å². The Labute approximate surface area is 196 Å². The number of para-hydroxylation sites is 1. The summed E-state index contributed by atoms with van der Waals surface area (Å²) >= 11 is 6.13. The van der Waals surface area contributed by atoms with E-state index in [9.17, 15) is 9.59 Å². The molecule has 0 saturated carbocycles. The van der Waals surface area contributed by atoms with Crippen molar-refractivity contribution in [2.75, 3.05) is 31.5 Å². The van der Waals surface area contributed by atoms with E-state index in [2.05, 4.69) is 5.32 Å². The van der Waals surface area contributed by atoms with Gasteiger partial charge in [-0.15, -0.1) is 0 Å². The fraction of sp³-hybridized carbons (Fsp3) is 0.120. The predicted molar refractivity (Wildman–Crippen MR) is 127 cm³/mol. The Morgan fingerprint density at radius 3 is 2.12 bits per heavy atom. The Bertz CT molecular complexity index is 1250. The highest BCUT2D eigenvalue weighted by atomic mass is 35.5. The van der Waals surface area contributed by atoms with Crippen molar-refractivity contribution >= 4 is 40.4 Å². The van der Waals surface area contributed by atoms with Gasteiger partial charge in [0.05, 0.1) is 32.6 Å². The van der Waals surface area contributed by atoms with Gasteiger partial charge in [0.2, 0.25) is 0 Å². The lowest BCUT2D eigenvalue weighted by Gasteiger charge is -2.16. The van der Waals surface area contributed by atoms with Crippen LogP contribution in [-0.4, -0.2) is 33.1 Å². The first kappa shape index (κ1) is 22.2. The van der Waals surface area contributed by atoms with E-state index in [1.807, 2.05) is 0 Å². The zero-order valence-electron chi connectivity index (χ0n) is 18.2. The summed E-state index contributed by atoms with van der Waals surface area (Å²) in [7, 11) is 4.57. The number of hydrogen-bond acceptors (Lipinski definition) is 6. The molecule has 168 valence electrons. The molecule has 0 saturated heterocycles. The van der Waals surface area contributed by atoms with Crippen LogP contribution >= 0.6 is 11.6 Å². The quantitative estimate of drug-likeness (QED) is 0.508. The van der Waals surface area contributed by atoms with Gasteiger partial charge in [0, 0.05) is 34.5 Å². The monoisotopic (exact) mass is 464 g/mol. The third-order valence-corrected chi connectivity index (χ3v) is 5.38. The summed E-state index contributed by atoms with van der Waals surface area (Å²) in [5.41, 5.74) is 1.65. The lowest BCUT2D eigenvalue weighted by atomic mass is 10.0. The molecule has 0 aromatic heterocycles. The highest BCUT2D eigenvalue weighted by Gasteiger charge is 2.41. The van der Waals surface area contributed by atoms with Crippen LogP contribution in [-0.2, 0) is 9.59 Å². The van der Waals surface area contributed by atoms with Gasteiger partial charge < -0.3 is 19.5 Å². The summed E-state index contributed by atoms with van der Waals surface area (Å²) in [6, 6.07) is 18.7. The second kappa shape index (κ2) is 9.26. The molecule has 0 aliphatic carbocycles. The Balaban J connectivity index is 1.88. The van der Waals surface area contributed by atoms with Crippen LogP contribution in [0.4, 0.5) is 11.4 Å². The second-order valence-electron chi connectivity index (χ2n) is 7.10. The van der Waals surface area contributed by atoms with Crippen LogP contribution < -0.4 is 24.4 Å². The van der Waals surface area contributed by atoms with E-state index in [0.717, 1.165) is 4.90 Å². The zero-order chi connectivity index (χ0) is 23.5. The summed E-state index contributed by atoms with van der Waals surface area (Å²) in [6.45, 7) is 0. The Morgan fingerprint density at radius 2 is 1.48 bits per heavy atom. The van der Waals surface area contributed by atoms with Crippen molar-refractivity contribution in [3.8, 4) is 17.2 Å². The molecule has 0 bridgehead atoms. The smallest absolute Gasteiger partial charge is 0.282 e. The van der Waals surface area contributed by atoms with Crippen LogP contribution in [0.3, 0.4) is 0 Å². The average Bonchev–Trinajstić information content (AvgIpc) is 3.07. The summed E-state index contributed by atoms with van der Waals surface area (Å²) in [6.07, 6.45) is 0. The SMILES string of the molecule is COc1cc(NC2=C(c3ccccc3OC)C(=O)N(c3cccc(Cl)c3)C2=O)cc(OC)c1. The molecule has 3 aromatic rings. The summed E-state index contributed by atoms with van der Waals surface area (Å²) in [5.74, 6) is 0.498. The van der Waals surface area contributed by atoms with Crippen LogP contribution in [0.2, 0.25) is 5.02 Å². The second-order valence-corrected chi connectivity index (χ2v) is 7.54. The summed E-state index contributed by atoms with van der Waals surface area (Å²) in [5, 5.41) is 3.51. The van der Waals surface area contributed by atoms with E-state index >= 15 is 0 Å². The van der Waals surface area contributed by atoms with Crippen LogP contribution in [0.1, 0.15) is 5.56 Å². The number of nitrogens with one attached hydrogen (secondary N) is 1. The largest absolute Gasteiger partial charge is 0.497 e. The Kier molecular flexibility index (Phi) is 6.24. The normalized spacial score (nSPS) is 13.4. The molecule has 1 heterocycles. The van der Waals surface area contributed by atoms with Crippen molar-refractivity contribution in [3.63, 3.8) is 0 Å². The van der Waals surface area contributed by atoms with Crippen molar-refractivity contribution in [3.05, 3.63) is 83.0 Å². The minimum Gasteiger partial charge on any atom is -0.497 e. The van der Waals surface area contributed by atoms with Crippen LogP contribution in [0.25, 0.3) is 5.57 Å². The molecule has 1 aliphatic rings. The van der Waals surface area contributed by atoms with E-state index < -0.39 is 11.8 Å². The van der Waals surface area contributed by atoms with Crippen LogP contribution in [0.15, 0.2) is 72.4 Å². The first-order valence-electron chi connectivity index (χ1n) is 9.99. The number of imide groups is 1. The molecule has 3 aromatic carbocycles. The number of halogens is 1. The van der Waals surface area contributed by atoms with Crippen molar-refractivity contribution in [1.29, 1.82) is 0 Å². The van der Waals surface area contributed by atoms with E-state index in [0.29, 0.717) is 39.2 Å². The molecular weight excluding hydrogens is 444 g/mol. The number of benzene rings is 3. The first-order chi connectivity index (χ1) is 16.0. The number of methoxy groups -OCH3 is 3. The van der Waals surface area contributed by atoms with Gasteiger partial charge in [-0.3, -0.25) is 9.59 Å². The van der Waals surface area contributed by atoms with E-state index in [1.165, 1.54) is 21.3 Å². The van der Waals surface area contributed by atoms with Gasteiger partial charge in [0.15, 0.2) is 0 Å². The molecule has 4 rings (SSSR count). The number of nitrogens with zero attached hydrogens (tertiary/aromatic N) is 1. The van der Waals surface area contributed by atoms with Gasteiger partial charge in [-0.1, -0.05) is 35.9 Å². The first-order valence-corrected chi connectivity index (χ1v) is 10.4. The van der Waals surface area contributed by atoms with Crippen molar-refractivity contribution in [2.45, 2.75) is 0 Å². The third-order valence-electron chi connectivity index (χ3n) is 5.15. The summed E-state index contributed by atoms with van der Waals surface area (Å²) in [4.78, 5) is 28.3. The zero-order valence-corrected chi connectivity index (χ0v) is 19.0. The van der Waals surface area contributed by atoms with Gasteiger partial charge in [0.25, 0.3) is 11.8 Å². The van der Waals surface area contributed by atoms with Crippen LogP contribution in [0.5, 0.6) is 17.2 Å². The highest BCUT2D eigenvalue weighted by Crippen LogP contribution is 2.38. The summed E-state index contributed by atoms with van der Waals surface area (Å²) < 4.78 is 16.1. The number of anilines is 2. The molecule has 33 heavy (non-hydrogen) atoms. The molecule has 7 nitrogen and oxygen atoms in total. The fourth-order valence-corrected chi connectivity index (χ4v) is 3.80. The van der Waals surface area contributed by atoms with Gasteiger partial charge in [-0.05, 0) is 24.3 Å². The minimum absolute atomic E-state index is 0.0970. The molecule has 0 radical (unpaired) electrons. The van der Waals surface area contributed by atoms with E-state index in [1.54, 1.807) is 66.7 Å². The lowest BCUT2D eigenvalue weighted by molar-refractivity contribution is -0.120. The molecule has 0 atom stereocenters. The maximum absolute atomic E-state index is 13.6. The maximum atomic E-state index is 13.6. The number of amides is 2.